The molecular formula is C24H38O4. The Labute approximate surface area is 170 Å². The van der Waals surface area contributed by atoms with Gasteiger partial charge in [-0.3, -0.25) is 9.59 Å². The lowest BCUT2D eigenvalue weighted by molar-refractivity contribution is -0.160. The van der Waals surface area contributed by atoms with Gasteiger partial charge in [0.25, 0.3) is 0 Å². The third-order valence-electron chi connectivity index (χ3n) is 9.79. The van der Waals surface area contributed by atoms with Crippen LogP contribution in [0.3, 0.4) is 0 Å². The highest BCUT2D eigenvalue weighted by Gasteiger charge is 2.60. The standard InChI is InChI=1S/C24H38O4/c1-15(25)28-18-9-11-23(2)16(13-18)5-7-19-20-8-6-17(14-22(26)27-4)24(20,3)12-10-21(19)23/h16-21H,5-14H2,1-4H3/t16-,17+,18-,19-,20-,21-,23-,24+/m0/s1. The Morgan fingerprint density at radius 2 is 1.64 bits per heavy atom. The predicted octanol–water partition coefficient (Wildman–Crippen LogP) is 5.14. The van der Waals surface area contributed by atoms with Gasteiger partial charge in [-0.15, -0.1) is 0 Å². The Kier molecular flexibility index (Phi) is 5.29. The zero-order valence-electron chi connectivity index (χ0n) is 18.2. The minimum absolute atomic E-state index is 0.0338. The van der Waals surface area contributed by atoms with Gasteiger partial charge >= 0.3 is 11.9 Å². The van der Waals surface area contributed by atoms with Gasteiger partial charge in [-0.25, -0.2) is 0 Å². The van der Waals surface area contributed by atoms with Gasteiger partial charge < -0.3 is 9.47 Å². The van der Waals surface area contributed by atoms with Gasteiger partial charge in [0, 0.05) is 13.3 Å². The molecule has 4 aliphatic rings. The molecule has 4 saturated carbocycles. The minimum atomic E-state index is -0.127. The summed E-state index contributed by atoms with van der Waals surface area (Å²) in [7, 11) is 1.52. The zero-order valence-corrected chi connectivity index (χ0v) is 18.2. The Balaban J connectivity index is 1.49. The van der Waals surface area contributed by atoms with Gasteiger partial charge in [-0.2, -0.15) is 0 Å². The molecule has 0 heterocycles. The first kappa shape index (κ1) is 20.2. The predicted molar refractivity (Wildman–Crippen MR) is 107 cm³/mol. The number of carbonyl (C=O) groups excluding carboxylic acids is 2. The molecule has 0 radical (unpaired) electrons. The third-order valence-corrected chi connectivity index (χ3v) is 9.79. The summed E-state index contributed by atoms with van der Waals surface area (Å²) in [5.41, 5.74) is 0.717. The normalized spacial score (nSPS) is 47.4. The van der Waals surface area contributed by atoms with E-state index in [1.165, 1.54) is 59.0 Å². The van der Waals surface area contributed by atoms with E-state index in [2.05, 4.69) is 13.8 Å². The first-order valence-electron chi connectivity index (χ1n) is 11.5. The SMILES string of the molecule is COC(=O)C[C@H]1CC[C@H]2[C@@H]3CC[C@H]4C[C@@H](OC(C)=O)CC[C@]4(C)[C@H]3CC[C@]12C. The maximum absolute atomic E-state index is 12.0. The van der Waals surface area contributed by atoms with Crippen LogP contribution in [0.1, 0.15) is 85.0 Å². The molecule has 0 N–H and O–H groups in total. The summed E-state index contributed by atoms with van der Waals surface area (Å²) in [6.07, 6.45) is 11.7. The molecule has 0 saturated heterocycles. The summed E-state index contributed by atoms with van der Waals surface area (Å²) < 4.78 is 10.6. The highest BCUT2D eigenvalue weighted by Crippen LogP contribution is 2.67. The largest absolute Gasteiger partial charge is 0.469 e. The van der Waals surface area contributed by atoms with Crippen molar-refractivity contribution < 1.29 is 19.1 Å². The van der Waals surface area contributed by atoms with Crippen molar-refractivity contribution in [1.29, 1.82) is 0 Å². The van der Waals surface area contributed by atoms with Crippen LogP contribution in [-0.2, 0) is 19.1 Å². The van der Waals surface area contributed by atoms with E-state index in [1.54, 1.807) is 0 Å². The van der Waals surface area contributed by atoms with Crippen molar-refractivity contribution in [3.05, 3.63) is 0 Å². The van der Waals surface area contributed by atoms with Crippen LogP contribution in [0.5, 0.6) is 0 Å². The highest BCUT2D eigenvalue weighted by molar-refractivity contribution is 5.69. The molecule has 0 aromatic rings. The zero-order chi connectivity index (χ0) is 20.1. The van der Waals surface area contributed by atoms with Crippen LogP contribution >= 0.6 is 0 Å². The van der Waals surface area contributed by atoms with E-state index in [-0.39, 0.29) is 18.0 Å². The van der Waals surface area contributed by atoms with E-state index in [0.29, 0.717) is 29.1 Å². The summed E-state index contributed by atoms with van der Waals surface area (Å²) in [5, 5.41) is 0. The van der Waals surface area contributed by atoms with Gasteiger partial charge in [0.2, 0.25) is 0 Å². The summed E-state index contributed by atoms with van der Waals surface area (Å²) in [5.74, 6) is 3.42. The Bertz CT molecular complexity index is 630. The number of rotatable bonds is 3. The molecule has 0 aromatic carbocycles. The van der Waals surface area contributed by atoms with Crippen LogP contribution in [0.15, 0.2) is 0 Å². The molecule has 0 bridgehead atoms. The van der Waals surface area contributed by atoms with Crippen molar-refractivity contribution in [3.8, 4) is 0 Å². The molecule has 0 spiro atoms. The van der Waals surface area contributed by atoms with Crippen LogP contribution in [0, 0.1) is 40.4 Å². The number of fused-ring (bicyclic) bond motifs is 5. The van der Waals surface area contributed by atoms with E-state index in [0.717, 1.165) is 30.6 Å². The fraction of sp³-hybridized carbons (Fsp3) is 0.917. The molecule has 158 valence electrons. The first-order valence-corrected chi connectivity index (χ1v) is 11.5. The number of ether oxygens (including phenoxy) is 2. The van der Waals surface area contributed by atoms with E-state index >= 15 is 0 Å². The van der Waals surface area contributed by atoms with Crippen LogP contribution in [0.25, 0.3) is 0 Å². The first-order chi connectivity index (χ1) is 13.3. The van der Waals surface area contributed by atoms with Gasteiger partial charge in [0.15, 0.2) is 0 Å². The summed E-state index contributed by atoms with van der Waals surface area (Å²) in [6.45, 7) is 6.56. The second kappa shape index (κ2) is 7.32. The molecule has 0 aromatic heterocycles. The maximum Gasteiger partial charge on any atom is 0.305 e. The Morgan fingerprint density at radius 1 is 0.929 bits per heavy atom. The Hall–Kier alpha value is -1.06. The monoisotopic (exact) mass is 390 g/mol. The average Bonchev–Trinajstić information content (AvgIpc) is 2.98. The summed E-state index contributed by atoms with van der Waals surface area (Å²) in [4.78, 5) is 23.4. The average molecular weight is 391 g/mol. The summed E-state index contributed by atoms with van der Waals surface area (Å²) >= 11 is 0. The number of methoxy groups -OCH3 is 1. The smallest absolute Gasteiger partial charge is 0.305 e. The lowest BCUT2D eigenvalue weighted by Gasteiger charge is -2.61. The van der Waals surface area contributed by atoms with Gasteiger partial charge in [0.05, 0.1) is 7.11 Å². The summed E-state index contributed by atoms with van der Waals surface area (Å²) in [6, 6.07) is 0. The quantitative estimate of drug-likeness (QED) is 0.626. The van der Waals surface area contributed by atoms with E-state index < -0.39 is 0 Å². The maximum atomic E-state index is 12.0. The van der Waals surface area contributed by atoms with E-state index in [1.807, 2.05) is 0 Å². The third kappa shape index (κ3) is 3.19. The molecule has 0 aliphatic heterocycles. The Morgan fingerprint density at radius 3 is 2.36 bits per heavy atom. The van der Waals surface area contributed by atoms with Crippen LogP contribution in [0.4, 0.5) is 0 Å². The molecule has 4 rings (SSSR count). The molecule has 28 heavy (non-hydrogen) atoms. The van der Waals surface area contributed by atoms with Gasteiger partial charge in [-0.1, -0.05) is 13.8 Å². The number of hydrogen-bond donors (Lipinski definition) is 0. The fourth-order valence-electron chi connectivity index (χ4n) is 8.29. The lowest BCUT2D eigenvalue weighted by atomic mass is 9.44. The molecular weight excluding hydrogens is 352 g/mol. The van der Waals surface area contributed by atoms with Crippen molar-refractivity contribution in [2.45, 2.75) is 91.1 Å². The van der Waals surface area contributed by atoms with E-state index in [9.17, 15) is 9.59 Å². The molecule has 4 aliphatic carbocycles. The van der Waals surface area contributed by atoms with Crippen LogP contribution < -0.4 is 0 Å². The molecule has 4 heteroatoms. The topological polar surface area (TPSA) is 52.6 Å². The van der Waals surface area contributed by atoms with Crippen molar-refractivity contribution in [2.24, 2.45) is 40.4 Å². The molecule has 4 fully saturated rings. The van der Waals surface area contributed by atoms with E-state index in [4.69, 9.17) is 9.47 Å². The fourth-order valence-corrected chi connectivity index (χ4v) is 8.29. The molecule has 0 unspecified atom stereocenters. The second-order valence-electron chi connectivity index (χ2n) is 10.8. The molecule has 8 atom stereocenters. The van der Waals surface area contributed by atoms with Crippen molar-refractivity contribution in [1.82, 2.24) is 0 Å². The lowest BCUT2D eigenvalue weighted by Crippen LogP contribution is -2.54. The number of esters is 2. The number of carbonyl (C=O) groups is 2. The minimum Gasteiger partial charge on any atom is -0.469 e. The second-order valence-corrected chi connectivity index (χ2v) is 10.8. The van der Waals surface area contributed by atoms with Gasteiger partial charge in [-0.05, 0) is 98.2 Å². The number of hydrogen-bond acceptors (Lipinski definition) is 4. The highest BCUT2D eigenvalue weighted by atomic mass is 16.5. The van der Waals surface area contributed by atoms with Gasteiger partial charge in [0.1, 0.15) is 6.10 Å². The van der Waals surface area contributed by atoms with Crippen LogP contribution in [-0.4, -0.2) is 25.2 Å². The van der Waals surface area contributed by atoms with Crippen molar-refractivity contribution in [3.63, 3.8) is 0 Å². The van der Waals surface area contributed by atoms with Crippen molar-refractivity contribution in [2.75, 3.05) is 7.11 Å². The van der Waals surface area contributed by atoms with Crippen LogP contribution in [0.2, 0.25) is 0 Å². The molecule has 0 amide bonds. The van der Waals surface area contributed by atoms with Crippen molar-refractivity contribution >= 4 is 11.9 Å². The molecule has 4 nitrogen and oxygen atoms in total.